The first kappa shape index (κ1) is 15.1. The lowest BCUT2D eigenvalue weighted by molar-refractivity contribution is 0.464. The quantitative estimate of drug-likeness (QED) is 0.759. The van der Waals surface area contributed by atoms with Crippen molar-refractivity contribution in [3.8, 4) is 17.0 Å². The van der Waals surface area contributed by atoms with Gasteiger partial charge in [-0.2, -0.15) is 0 Å². The predicted octanol–water partition coefficient (Wildman–Crippen LogP) is 3.28. The number of hydrogen-bond donors (Lipinski definition) is 2. The molecule has 0 radical (unpaired) electrons. The third-order valence-electron chi connectivity index (χ3n) is 3.53. The smallest absolute Gasteiger partial charge is 0.127 e. The highest BCUT2D eigenvalue weighted by Crippen LogP contribution is 2.24. The Morgan fingerprint density at radius 2 is 1.83 bits per heavy atom. The normalized spacial score (nSPS) is 10.7. The molecule has 1 aromatic heterocycles. The zero-order valence-corrected chi connectivity index (χ0v) is 12.4. The first-order valence-corrected chi connectivity index (χ1v) is 7.26. The molecule has 0 aliphatic carbocycles. The molecule has 5 heteroatoms. The Morgan fingerprint density at radius 1 is 1.00 bits per heavy atom. The van der Waals surface area contributed by atoms with E-state index in [9.17, 15) is 9.50 Å². The second-order valence-corrected chi connectivity index (χ2v) is 5.13. The molecule has 1 heterocycles. The molecule has 0 amide bonds. The lowest BCUT2D eigenvalue weighted by Gasteiger charge is -2.09. The third kappa shape index (κ3) is 3.70. The number of rotatable bonds is 5. The van der Waals surface area contributed by atoms with Gasteiger partial charge in [-0.1, -0.05) is 18.2 Å². The SMILES string of the molecule is Oc1ccc(-c2cnccn2)cc1CNCc1ccccc1F. The lowest BCUT2D eigenvalue weighted by Crippen LogP contribution is -2.13. The average Bonchev–Trinajstić information content (AvgIpc) is 2.59. The Kier molecular flexibility index (Phi) is 4.59. The number of halogens is 1. The van der Waals surface area contributed by atoms with Gasteiger partial charge < -0.3 is 10.4 Å². The molecule has 0 saturated heterocycles. The van der Waals surface area contributed by atoms with Gasteiger partial charge in [0.1, 0.15) is 11.6 Å². The van der Waals surface area contributed by atoms with Gasteiger partial charge >= 0.3 is 0 Å². The van der Waals surface area contributed by atoms with Crippen molar-refractivity contribution in [3.63, 3.8) is 0 Å². The van der Waals surface area contributed by atoms with Crippen molar-refractivity contribution in [1.82, 2.24) is 15.3 Å². The van der Waals surface area contributed by atoms with Crippen molar-refractivity contribution < 1.29 is 9.50 Å². The number of hydrogen-bond acceptors (Lipinski definition) is 4. The second-order valence-electron chi connectivity index (χ2n) is 5.13. The van der Waals surface area contributed by atoms with Gasteiger partial charge in [-0.05, 0) is 24.3 Å². The monoisotopic (exact) mass is 309 g/mol. The fraction of sp³-hybridized carbons (Fsp3) is 0.111. The first-order valence-electron chi connectivity index (χ1n) is 7.26. The van der Waals surface area contributed by atoms with E-state index in [4.69, 9.17) is 0 Å². The van der Waals surface area contributed by atoms with E-state index in [0.29, 0.717) is 18.7 Å². The summed E-state index contributed by atoms with van der Waals surface area (Å²) in [6.07, 6.45) is 4.90. The molecular weight excluding hydrogens is 293 g/mol. The van der Waals surface area contributed by atoms with Crippen LogP contribution >= 0.6 is 0 Å². The van der Waals surface area contributed by atoms with Gasteiger partial charge in [0.15, 0.2) is 0 Å². The maximum Gasteiger partial charge on any atom is 0.127 e. The van der Waals surface area contributed by atoms with Crippen molar-refractivity contribution in [3.05, 3.63) is 78.0 Å². The molecule has 0 fully saturated rings. The van der Waals surface area contributed by atoms with Crippen LogP contribution in [0.3, 0.4) is 0 Å². The van der Waals surface area contributed by atoms with Crippen LogP contribution in [0.25, 0.3) is 11.3 Å². The average molecular weight is 309 g/mol. The van der Waals surface area contributed by atoms with Crippen LogP contribution in [0.1, 0.15) is 11.1 Å². The van der Waals surface area contributed by atoms with E-state index < -0.39 is 0 Å². The van der Waals surface area contributed by atoms with Gasteiger partial charge in [0.25, 0.3) is 0 Å². The molecule has 0 aliphatic heterocycles. The highest BCUT2D eigenvalue weighted by molar-refractivity contribution is 5.60. The highest BCUT2D eigenvalue weighted by atomic mass is 19.1. The summed E-state index contributed by atoms with van der Waals surface area (Å²) in [6.45, 7) is 0.815. The first-order chi connectivity index (χ1) is 11.2. The Hall–Kier alpha value is -2.79. The summed E-state index contributed by atoms with van der Waals surface area (Å²) in [5.74, 6) is -0.0452. The van der Waals surface area contributed by atoms with Crippen molar-refractivity contribution in [2.75, 3.05) is 0 Å². The summed E-state index contributed by atoms with van der Waals surface area (Å²) in [4.78, 5) is 8.29. The van der Waals surface area contributed by atoms with E-state index in [1.807, 2.05) is 6.07 Å². The molecule has 2 N–H and O–H groups in total. The maximum atomic E-state index is 13.6. The molecule has 116 valence electrons. The number of nitrogens with one attached hydrogen (secondary N) is 1. The second kappa shape index (κ2) is 6.98. The van der Waals surface area contributed by atoms with Gasteiger partial charge in [-0.15, -0.1) is 0 Å². The highest BCUT2D eigenvalue weighted by Gasteiger charge is 2.06. The summed E-state index contributed by atoms with van der Waals surface area (Å²) in [6, 6.07) is 11.9. The number of benzene rings is 2. The molecule has 0 saturated carbocycles. The fourth-order valence-corrected chi connectivity index (χ4v) is 2.31. The predicted molar refractivity (Wildman–Crippen MR) is 86.1 cm³/mol. The topological polar surface area (TPSA) is 58.0 Å². The summed E-state index contributed by atoms with van der Waals surface area (Å²) in [7, 11) is 0. The molecule has 2 aromatic carbocycles. The van der Waals surface area contributed by atoms with Gasteiger partial charge in [0.2, 0.25) is 0 Å². The van der Waals surface area contributed by atoms with Crippen LogP contribution < -0.4 is 5.32 Å². The Labute approximate surface area is 133 Å². The van der Waals surface area contributed by atoms with E-state index in [-0.39, 0.29) is 11.6 Å². The largest absolute Gasteiger partial charge is 0.508 e. The zero-order valence-electron chi connectivity index (χ0n) is 12.4. The van der Waals surface area contributed by atoms with Gasteiger partial charge in [-0.3, -0.25) is 9.97 Å². The molecule has 4 nitrogen and oxygen atoms in total. The van der Waals surface area contributed by atoms with Crippen molar-refractivity contribution in [2.45, 2.75) is 13.1 Å². The Morgan fingerprint density at radius 3 is 2.61 bits per heavy atom. The molecule has 0 aliphatic rings. The fourth-order valence-electron chi connectivity index (χ4n) is 2.31. The zero-order chi connectivity index (χ0) is 16.1. The van der Waals surface area contributed by atoms with E-state index in [1.165, 1.54) is 6.07 Å². The van der Waals surface area contributed by atoms with Crippen molar-refractivity contribution in [1.29, 1.82) is 0 Å². The summed E-state index contributed by atoms with van der Waals surface area (Å²) in [5, 5.41) is 13.1. The number of phenolic OH excluding ortho intramolecular Hbond substituents is 1. The van der Waals surface area contributed by atoms with E-state index in [1.54, 1.807) is 48.9 Å². The van der Waals surface area contributed by atoms with Gasteiger partial charge in [0.05, 0.1) is 11.9 Å². The molecular formula is C18H16FN3O. The van der Waals surface area contributed by atoms with Crippen LogP contribution in [-0.4, -0.2) is 15.1 Å². The molecule has 0 atom stereocenters. The summed E-state index contributed by atoms with van der Waals surface area (Å²) >= 11 is 0. The number of aromatic hydroxyl groups is 1. The number of aromatic nitrogens is 2. The minimum Gasteiger partial charge on any atom is -0.508 e. The minimum atomic E-state index is -0.238. The number of nitrogens with zero attached hydrogens (tertiary/aromatic N) is 2. The van der Waals surface area contributed by atoms with Crippen LogP contribution in [0.2, 0.25) is 0 Å². The third-order valence-corrected chi connectivity index (χ3v) is 3.53. The molecule has 23 heavy (non-hydrogen) atoms. The molecule has 0 spiro atoms. The van der Waals surface area contributed by atoms with Crippen molar-refractivity contribution >= 4 is 0 Å². The van der Waals surface area contributed by atoms with Gasteiger partial charge in [0, 0.05) is 42.2 Å². The Balaban J connectivity index is 1.72. The Bertz CT molecular complexity index is 793. The molecule has 3 rings (SSSR count). The van der Waals surface area contributed by atoms with E-state index >= 15 is 0 Å². The van der Waals surface area contributed by atoms with Crippen LogP contribution in [-0.2, 0) is 13.1 Å². The summed E-state index contributed by atoms with van der Waals surface area (Å²) < 4.78 is 13.6. The molecule has 0 bridgehead atoms. The van der Waals surface area contributed by atoms with E-state index in [2.05, 4.69) is 15.3 Å². The molecule has 0 unspecified atom stereocenters. The van der Waals surface area contributed by atoms with Crippen LogP contribution in [0.4, 0.5) is 4.39 Å². The van der Waals surface area contributed by atoms with Crippen LogP contribution in [0, 0.1) is 5.82 Å². The minimum absolute atomic E-state index is 0.193. The number of phenols is 1. The van der Waals surface area contributed by atoms with Crippen LogP contribution in [0.15, 0.2) is 61.1 Å². The standard InChI is InChI=1S/C18H16FN3O/c19-16-4-2-1-3-14(16)10-21-11-15-9-13(5-6-18(15)23)17-12-20-7-8-22-17/h1-9,12,21,23H,10-11H2. The van der Waals surface area contributed by atoms with Crippen molar-refractivity contribution in [2.24, 2.45) is 0 Å². The van der Waals surface area contributed by atoms with Gasteiger partial charge in [-0.25, -0.2) is 4.39 Å². The summed E-state index contributed by atoms with van der Waals surface area (Å²) in [5.41, 5.74) is 2.93. The van der Waals surface area contributed by atoms with E-state index in [0.717, 1.165) is 16.8 Å². The lowest BCUT2D eigenvalue weighted by atomic mass is 10.1. The molecule has 3 aromatic rings. The maximum absolute atomic E-state index is 13.6. The van der Waals surface area contributed by atoms with Crippen LogP contribution in [0.5, 0.6) is 5.75 Å².